The maximum atomic E-state index is 12.8. The van der Waals surface area contributed by atoms with Crippen LogP contribution in [0.15, 0.2) is 32.2 Å². The number of nitrogens with one attached hydrogen (secondary N) is 1. The first-order valence-corrected chi connectivity index (χ1v) is 5.20. The summed E-state index contributed by atoms with van der Waals surface area (Å²) in [6.45, 7) is 0. The molecule has 2 aromatic heterocycles. The van der Waals surface area contributed by atoms with Crippen LogP contribution in [0.1, 0.15) is 0 Å². The fourth-order valence-corrected chi connectivity index (χ4v) is 1.77. The second-order valence-corrected chi connectivity index (χ2v) is 3.97. The van der Waals surface area contributed by atoms with Crippen molar-refractivity contribution in [3.63, 3.8) is 0 Å². The second kappa shape index (κ2) is 4.45. The Labute approximate surface area is 97.7 Å². The van der Waals surface area contributed by atoms with Gasteiger partial charge in [0.2, 0.25) is 5.95 Å². The zero-order valence-electron chi connectivity index (χ0n) is 8.55. The molecule has 0 fully saturated rings. The average Bonchev–Trinajstić information content (AvgIpc) is 2.26. The van der Waals surface area contributed by atoms with Crippen molar-refractivity contribution >= 4 is 11.8 Å². The Morgan fingerprint density at radius 2 is 2.18 bits per heavy atom. The van der Waals surface area contributed by atoms with Crippen LogP contribution in [0.3, 0.4) is 0 Å². The lowest BCUT2D eigenvalue weighted by molar-refractivity contribution is 0.571. The number of nitrogens with zero attached hydrogens (tertiary/aromatic N) is 4. The third-order valence-electron chi connectivity index (χ3n) is 1.75. The molecule has 0 amide bonds. The molecule has 0 aliphatic heterocycles. The van der Waals surface area contributed by atoms with Crippen molar-refractivity contribution in [2.24, 2.45) is 7.05 Å². The topological polar surface area (TPSA) is 93.5 Å². The Balaban J connectivity index is 2.40. The summed E-state index contributed by atoms with van der Waals surface area (Å²) in [7, 11) is 1.51. The molecule has 0 unspecified atom stereocenters. The lowest BCUT2D eigenvalue weighted by atomic mass is 10.7. The maximum Gasteiger partial charge on any atom is 0.339 e. The van der Waals surface area contributed by atoms with Crippen LogP contribution in [0.5, 0.6) is 0 Å². The summed E-state index contributed by atoms with van der Waals surface area (Å²) < 4.78 is 14.1. The van der Waals surface area contributed by atoms with Crippen molar-refractivity contribution in [2.45, 2.75) is 10.2 Å². The molecule has 0 radical (unpaired) electrons. The van der Waals surface area contributed by atoms with Gasteiger partial charge < -0.3 is 0 Å². The summed E-state index contributed by atoms with van der Waals surface area (Å²) in [6, 6.07) is 1.10. The van der Waals surface area contributed by atoms with E-state index in [1.165, 1.54) is 11.7 Å². The summed E-state index contributed by atoms with van der Waals surface area (Å²) in [6.07, 6.45) is 1.06. The third-order valence-corrected chi connectivity index (χ3v) is 2.73. The number of hydrogen-bond donors (Lipinski definition) is 1. The zero-order valence-corrected chi connectivity index (χ0v) is 9.36. The number of H-pyrrole nitrogens is 1. The minimum absolute atomic E-state index is 0.202. The molecule has 0 saturated heterocycles. The smallest absolute Gasteiger partial charge is 0.265 e. The number of aromatic amines is 1. The summed E-state index contributed by atoms with van der Waals surface area (Å²) >= 11 is 0.942. The number of aryl methyl sites for hydroxylation is 1. The third kappa shape index (κ3) is 2.56. The van der Waals surface area contributed by atoms with E-state index in [1.54, 1.807) is 0 Å². The van der Waals surface area contributed by atoms with Crippen molar-refractivity contribution in [3.05, 3.63) is 39.0 Å². The monoisotopic (exact) mass is 255 g/mol. The lowest BCUT2D eigenvalue weighted by Gasteiger charge is -2.04. The molecule has 1 N–H and O–H groups in total. The van der Waals surface area contributed by atoms with Gasteiger partial charge in [0.25, 0.3) is 0 Å². The van der Waals surface area contributed by atoms with E-state index >= 15 is 0 Å². The van der Waals surface area contributed by atoms with Gasteiger partial charge in [0.1, 0.15) is 11.4 Å². The lowest BCUT2D eigenvalue weighted by Crippen LogP contribution is -2.33. The molecule has 0 aliphatic rings. The molecule has 0 saturated carbocycles. The highest BCUT2D eigenvalue weighted by molar-refractivity contribution is 7.99. The van der Waals surface area contributed by atoms with E-state index in [1.807, 2.05) is 0 Å². The Kier molecular flexibility index (Phi) is 3.00. The van der Waals surface area contributed by atoms with Crippen molar-refractivity contribution in [1.82, 2.24) is 24.7 Å². The highest BCUT2D eigenvalue weighted by Crippen LogP contribution is 2.21. The molecule has 0 aromatic carbocycles. The van der Waals surface area contributed by atoms with Gasteiger partial charge in [-0.3, -0.25) is 19.4 Å². The van der Waals surface area contributed by atoms with Crippen LogP contribution in [0, 0.1) is 5.95 Å². The quantitative estimate of drug-likeness (QED) is 0.577. The predicted molar refractivity (Wildman–Crippen MR) is 56.2 cm³/mol. The molecule has 0 atom stereocenters. The fraction of sp³-hybridized carbons (Fsp3) is 0.125. The zero-order chi connectivity index (χ0) is 12.4. The minimum atomic E-state index is -0.903. The Hall–Kier alpha value is -2.03. The average molecular weight is 255 g/mol. The highest BCUT2D eigenvalue weighted by Gasteiger charge is 2.07. The SMILES string of the molecule is Cn1[nH]c(=O)c(=O)nc1Sc1cc(F)ncn1. The molecule has 9 heteroatoms. The van der Waals surface area contributed by atoms with Crippen LogP contribution in [-0.2, 0) is 7.05 Å². The van der Waals surface area contributed by atoms with Crippen LogP contribution in [0.2, 0.25) is 0 Å². The summed E-state index contributed by atoms with van der Waals surface area (Å²) in [5.74, 6) is -0.683. The van der Waals surface area contributed by atoms with Crippen LogP contribution in [0.4, 0.5) is 4.39 Å². The van der Waals surface area contributed by atoms with Crippen LogP contribution >= 0.6 is 11.8 Å². The van der Waals surface area contributed by atoms with E-state index in [9.17, 15) is 14.0 Å². The fourth-order valence-electron chi connectivity index (χ4n) is 1.02. The number of rotatable bonds is 2. The first-order chi connectivity index (χ1) is 8.06. The first-order valence-electron chi connectivity index (χ1n) is 4.39. The van der Waals surface area contributed by atoms with E-state index in [2.05, 4.69) is 20.1 Å². The first kappa shape index (κ1) is 11.5. The summed E-state index contributed by atoms with van der Waals surface area (Å²) in [5.41, 5.74) is -1.72. The maximum absolute atomic E-state index is 12.8. The molecule has 0 bridgehead atoms. The van der Waals surface area contributed by atoms with Crippen LogP contribution in [-0.4, -0.2) is 24.7 Å². The summed E-state index contributed by atoms with van der Waals surface area (Å²) in [5, 5.41) is 2.76. The number of aromatic nitrogens is 5. The molecular weight excluding hydrogens is 249 g/mol. The molecule has 2 rings (SSSR count). The van der Waals surface area contributed by atoms with E-state index in [4.69, 9.17) is 0 Å². The van der Waals surface area contributed by atoms with Gasteiger partial charge in [-0.2, -0.15) is 9.37 Å². The van der Waals surface area contributed by atoms with Gasteiger partial charge in [0.05, 0.1) is 0 Å². The van der Waals surface area contributed by atoms with Crippen molar-refractivity contribution in [3.8, 4) is 0 Å². The van der Waals surface area contributed by atoms with E-state index in [0.29, 0.717) is 0 Å². The number of halogens is 1. The van der Waals surface area contributed by atoms with Gasteiger partial charge in [-0.15, -0.1) is 0 Å². The predicted octanol–water partition coefficient (Wildman–Crippen LogP) is -0.451. The largest absolute Gasteiger partial charge is 0.339 e. The Morgan fingerprint density at radius 1 is 1.41 bits per heavy atom. The summed E-state index contributed by atoms with van der Waals surface area (Å²) in [4.78, 5) is 32.6. The van der Waals surface area contributed by atoms with Crippen LogP contribution < -0.4 is 11.1 Å². The normalized spacial score (nSPS) is 10.5. The minimum Gasteiger partial charge on any atom is -0.265 e. The van der Waals surface area contributed by atoms with Gasteiger partial charge >= 0.3 is 11.1 Å². The molecule has 17 heavy (non-hydrogen) atoms. The van der Waals surface area contributed by atoms with E-state index in [0.717, 1.165) is 24.2 Å². The second-order valence-electron chi connectivity index (χ2n) is 2.98. The van der Waals surface area contributed by atoms with Crippen molar-refractivity contribution in [2.75, 3.05) is 0 Å². The molecule has 7 nitrogen and oxygen atoms in total. The van der Waals surface area contributed by atoms with Gasteiger partial charge in [-0.25, -0.2) is 9.97 Å². The van der Waals surface area contributed by atoms with E-state index in [-0.39, 0.29) is 10.2 Å². The standard InChI is InChI=1S/C8H6FN5O2S/c1-14-8(12-6(15)7(16)13-14)17-5-2-4(9)10-3-11-5/h2-3H,1H3,(H,13,16). The van der Waals surface area contributed by atoms with Gasteiger partial charge in [-0.05, 0) is 11.8 Å². The number of hydrogen-bond acceptors (Lipinski definition) is 6. The van der Waals surface area contributed by atoms with E-state index < -0.39 is 17.1 Å². The highest BCUT2D eigenvalue weighted by atomic mass is 32.2. The molecule has 2 aromatic rings. The molecule has 0 aliphatic carbocycles. The van der Waals surface area contributed by atoms with Gasteiger partial charge in [0, 0.05) is 13.1 Å². The molecule has 2 heterocycles. The molecule has 0 spiro atoms. The van der Waals surface area contributed by atoms with Gasteiger partial charge in [0.15, 0.2) is 5.16 Å². The van der Waals surface area contributed by atoms with Crippen molar-refractivity contribution < 1.29 is 4.39 Å². The Morgan fingerprint density at radius 3 is 2.88 bits per heavy atom. The van der Waals surface area contributed by atoms with Crippen molar-refractivity contribution in [1.29, 1.82) is 0 Å². The Bertz CT molecular complexity index is 667. The molecular formula is C8H6FN5O2S. The van der Waals surface area contributed by atoms with Crippen LogP contribution in [0.25, 0.3) is 0 Å². The van der Waals surface area contributed by atoms with Gasteiger partial charge in [-0.1, -0.05) is 0 Å². The molecule has 88 valence electrons.